The molecule has 0 bridgehead atoms. The van der Waals surface area contributed by atoms with Gasteiger partial charge in [0.2, 0.25) is 0 Å². The molecule has 0 amide bonds. The predicted molar refractivity (Wildman–Crippen MR) is 141 cm³/mol. The van der Waals surface area contributed by atoms with Gasteiger partial charge in [-0.05, 0) is 24.6 Å². The van der Waals surface area contributed by atoms with Crippen molar-refractivity contribution >= 4 is 34.2 Å². The molecule has 8 heteroatoms. The molecule has 2 aromatic carbocycles. The number of hydrogen-bond acceptors (Lipinski definition) is 6. The molecule has 0 fully saturated rings. The standard InChI is InChI=1S/C22H19FN6O.C3H8.C2H6/c1-14(30)19-17(23)8-5-9-18(19)29-16(10-15-6-3-2-4-7-15)11-24-21-20-22(26-12-25-20)28-13-27-21;1-3-2;1-2/h2-9,12-13H,10-11H2,1H3,(H2,24,25,26,27,28);3H2,1-2H3;1-2H3. The van der Waals surface area contributed by atoms with Crippen LogP contribution in [0.3, 0.4) is 0 Å². The third-order valence-corrected chi connectivity index (χ3v) is 4.56. The Bertz CT molecular complexity index is 1240. The van der Waals surface area contributed by atoms with Crippen LogP contribution in [0.2, 0.25) is 0 Å². The molecule has 0 atom stereocenters. The van der Waals surface area contributed by atoms with Gasteiger partial charge in [-0.1, -0.05) is 70.5 Å². The number of carbonyl (C=O) groups is 1. The van der Waals surface area contributed by atoms with E-state index in [-0.39, 0.29) is 11.3 Å². The molecule has 2 heterocycles. The largest absolute Gasteiger partial charge is 0.363 e. The van der Waals surface area contributed by atoms with E-state index < -0.39 is 5.82 Å². The number of Topliss-reactive ketones (excluding diaryl/α,β-unsaturated/α-hetero) is 1. The van der Waals surface area contributed by atoms with Gasteiger partial charge in [0.05, 0.1) is 24.1 Å². The Hall–Kier alpha value is -3.94. The number of H-pyrrole nitrogens is 1. The SMILES string of the molecule is CC.CC(=O)c1c(F)cccc1N=C(CNc1ncnc2nc[nH]c12)Cc1ccccc1.CCC. The molecule has 0 unspecified atom stereocenters. The summed E-state index contributed by atoms with van der Waals surface area (Å²) in [6.07, 6.45) is 4.76. The maximum Gasteiger partial charge on any atom is 0.182 e. The van der Waals surface area contributed by atoms with Crippen molar-refractivity contribution in [2.24, 2.45) is 4.99 Å². The lowest BCUT2D eigenvalue weighted by Crippen LogP contribution is -2.17. The van der Waals surface area contributed by atoms with Crippen LogP contribution in [0.15, 0.2) is 66.2 Å². The van der Waals surface area contributed by atoms with Crippen LogP contribution in [0.4, 0.5) is 15.9 Å². The third kappa shape index (κ3) is 7.81. The molecule has 35 heavy (non-hydrogen) atoms. The summed E-state index contributed by atoms with van der Waals surface area (Å²) in [6.45, 7) is 9.93. The first kappa shape index (κ1) is 27.3. The Balaban J connectivity index is 0.000000803. The van der Waals surface area contributed by atoms with Crippen molar-refractivity contribution in [1.82, 2.24) is 19.9 Å². The normalized spacial score (nSPS) is 10.6. The number of fused-ring (bicyclic) bond motifs is 1. The molecule has 0 aliphatic carbocycles. The van der Waals surface area contributed by atoms with Crippen molar-refractivity contribution in [2.75, 3.05) is 11.9 Å². The number of imidazole rings is 1. The van der Waals surface area contributed by atoms with Gasteiger partial charge in [0, 0.05) is 12.1 Å². The number of anilines is 1. The lowest BCUT2D eigenvalue weighted by molar-refractivity contribution is 0.101. The zero-order valence-electron chi connectivity index (χ0n) is 21.0. The van der Waals surface area contributed by atoms with Gasteiger partial charge in [-0.2, -0.15) is 0 Å². The van der Waals surface area contributed by atoms with Gasteiger partial charge >= 0.3 is 0 Å². The summed E-state index contributed by atoms with van der Waals surface area (Å²) in [5.41, 5.74) is 3.31. The fourth-order valence-electron chi connectivity index (χ4n) is 3.18. The Morgan fingerprint density at radius 1 is 1.03 bits per heavy atom. The van der Waals surface area contributed by atoms with Crippen molar-refractivity contribution in [3.8, 4) is 0 Å². The molecule has 4 rings (SSSR count). The zero-order valence-corrected chi connectivity index (χ0v) is 21.0. The number of halogens is 1. The van der Waals surface area contributed by atoms with Gasteiger partial charge in [0.1, 0.15) is 17.7 Å². The van der Waals surface area contributed by atoms with E-state index >= 15 is 0 Å². The maximum absolute atomic E-state index is 14.2. The molecule has 0 spiro atoms. The first-order chi connectivity index (χ1) is 17.0. The maximum atomic E-state index is 14.2. The highest BCUT2D eigenvalue weighted by Gasteiger charge is 2.14. The number of ketones is 1. The lowest BCUT2D eigenvalue weighted by atomic mass is 10.1. The fraction of sp³-hybridized carbons (Fsp3) is 0.296. The smallest absolute Gasteiger partial charge is 0.182 e. The van der Waals surface area contributed by atoms with E-state index in [9.17, 15) is 9.18 Å². The Morgan fingerprint density at radius 2 is 1.74 bits per heavy atom. The number of nitrogens with zero attached hydrogens (tertiary/aromatic N) is 4. The first-order valence-electron chi connectivity index (χ1n) is 11.8. The van der Waals surface area contributed by atoms with E-state index in [4.69, 9.17) is 0 Å². The van der Waals surface area contributed by atoms with E-state index in [0.29, 0.717) is 35.6 Å². The molecule has 0 saturated carbocycles. The Labute approximate surface area is 206 Å². The van der Waals surface area contributed by atoms with E-state index in [1.807, 2.05) is 44.2 Å². The minimum absolute atomic E-state index is 0.0129. The van der Waals surface area contributed by atoms with E-state index in [2.05, 4.69) is 44.1 Å². The summed E-state index contributed by atoms with van der Waals surface area (Å²) >= 11 is 0. The van der Waals surface area contributed by atoms with Gasteiger partial charge in [-0.15, -0.1) is 0 Å². The van der Waals surface area contributed by atoms with E-state index in [0.717, 1.165) is 11.3 Å². The van der Waals surface area contributed by atoms with Gasteiger partial charge in [-0.3, -0.25) is 9.79 Å². The van der Waals surface area contributed by atoms with Crippen molar-refractivity contribution in [1.29, 1.82) is 0 Å². The topological polar surface area (TPSA) is 95.9 Å². The molecular formula is C27H33FN6O. The number of aliphatic imine (C=N–C) groups is 1. The van der Waals surface area contributed by atoms with Crippen LogP contribution in [-0.4, -0.2) is 38.0 Å². The number of benzene rings is 2. The summed E-state index contributed by atoms with van der Waals surface area (Å²) in [5, 5.41) is 3.25. The highest BCUT2D eigenvalue weighted by atomic mass is 19.1. The Morgan fingerprint density at radius 3 is 2.43 bits per heavy atom. The van der Waals surface area contributed by atoms with Crippen molar-refractivity contribution in [3.05, 3.63) is 78.1 Å². The molecule has 0 aliphatic rings. The second kappa shape index (κ2) is 14.3. The molecule has 2 aromatic heterocycles. The van der Waals surface area contributed by atoms with Crippen molar-refractivity contribution < 1.29 is 9.18 Å². The molecule has 0 saturated heterocycles. The molecule has 7 nitrogen and oxygen atoms in total. The second-order valence-corrected chi connectivity index (χ2v) is 7.41. The number of aromatic amines is 1. The van der Waals surface area contributed by atoms with Crippen LogP contribution < -0.4 is 5.32 Å². The van der Waals surface area contributed by atoms with Gasteiger partial charge in [0.25, 0.3) is 0 Å². The molecule has 4 aromatic rings. The number of nitrogens with one attached hydrogen (secondary N) is 2. The summed E-state index contributed by atoms with van der Waals surface area (Å²) in [7, 11) is 0. The van der Waals surface area contributed by atoms with Gasteiger partial charge < -0.3 is 10.3 Å². The Kier molecular flexibility index (Phi) is 11.2. The fourth-order valence-corrected chi connectivity index (χ4v) is 3.18. The van der Waals surface area contributed by atoms with Crippen molar-refractivity contribution in [2.45, 2.75) is 47.5 Å². The summed E-state index contributed by atoms with van der Waals surface area (Å²) in [4.78, 5) is 32.1. The van der Waals surface area contributed by atoms with Crippen LogP contribution in [-0.2, 0) is 6.42 Å². The number of rotatable bonds is 7. The number of aromatic nitrogens is 4. The van der Waals surface area contributed by atoms with Crippen LogP contribution in [0.5, 0.6) is 0 Å². The van der Waals surface area contributed by atoms with Gasteiger partial charge in [0.15, 0.2) is 17.2 Å². The summed E-state index contributed by atoms with van der Waals surface area (Å²) < 4.78 is 14.2. The summed E-state index contributed by atoms with van der Waals surface area (Å²) in [5.74, 6) is -0.358. The minimum Gasteiger partial charge on any atom is -0.363 e. The summed E-state index contributed by atoms with van der Waals surface area (Å²) in [6, 6.07) is 14.3. The molecule has 184 valence electrons. The van der Waals surface area contributed by atoms with Crippen LogP contribution in [0, 0.1) is 5.82 Å². The quantitative estimate of drug-likeness (QED) is 0.232. The monoisotopic (exact) mass is 476 g/mol. The zero-order chi connectivity index (χ0) is 25.6. The lowest BCUT2D eigenvalue weighted by Gasteiger charge is -2.11. The predicted octanol–water partition coefficient (Wildman–Crippen LogP) is 6.56. The second-order valence-electron chi connectivity index (χ2n) is 7.41. The average molecular weight is 477 g/mol. The minimum atomic E-state index is -0.578. The van der Waals surface area contributed by atoms with Crippen molar-refractivity contribution in [3.63, 3.8) is 0 Å². The van der Waals surface area contributed by atoms with E-state index in [1.165, 1.54) is 25.7 Å². The van der Waals surface area contributed by atoms with E-state index in [1.54, 1.807) is 18.5 Å². The van der Waals surface area contributed by atoms with Gasteiger partial charge in [-0.25, -0.2) is 19.3 Å². The highest BCUT2D eigenvalue weighted by Crippen LogP contribution is 2.24. The van der Waals surface area contributed by atoms with Crippen LogP contribution >= 0.6 is 0 Å². The molecule has 0 aliphatic heterocycles. The average Bonchev–Trinajstić information content (AvgIpc) is 3.34. The molecular weight excluding hydrogens is 443 g/mol. The third-order valence-electron chi connectivity index (χ3n) is 4.56. The number of hydrogen-bond donors (Lipinski definition) is 2. The number of carbonyl (C=O) groups excluding carboxylic acids is 1. The highest BCUT2D eigenvalue weighted by molar-refractivity contribution is 6.01. The molecule has 2 N–H and O–H groups in total. The molecule has 0 radical (unpaired) electrons. The van der Waals surface area contributed by atoms with Crippen LogP contribution in [0.1, 0.15) is 57.0 Å². The van der Waals surface area contributed by atoms with Crippen LogP contribution in [0.25, 0.3) is 11.2 Å². The first-order valence-corrected chi connectivity index (χ1v) is 11.8.